The van der Waals surface area contributed by atoms with Crippen LogP contribution in [0.3, 0.4) is 0 Å². The van der Waals surface area contributed by atoms with Crippen LogP contribution in [0.5, 0.6) is 0 Å². The van der Waals surface area contributed by atoms with E-state index < -0.39 is 6.09 Å². The summed E-state index contributed by atoms with van der Waals surface area (Å²) in [6, 6.07) is 11.0. The van der Waals surface area contributed by atoms with Crippen molar-refractivity contribution < 1.29 is 9.53 Å². The molecule has 19 heavy (non-hydrogen) atoms. The Bertz CT molecular complexity index is 615. The van der Waals surface area contributed by atoms with Crippen LogP contribution < -0.4 is 11.2 Å². The molecule has 0 aliphatic rings. The van der Waals surface area contributed by atoms with Gasteiger partial charge in [-0.05, 0) is 5.56 Å². The second-order valence-corrected chi connectivity index (χ2v) is 3.65. The Hall–Kier alpha value is -3.01. The minimum atomic E-state index is -0.701. The van der Waals surface area contributed by atoms with E-state index in [0.29, 0.717) is 0 Å². The van der Waals surface area contributed by atoms with Gasteiger partial charge in [0.2, 0.25) is 0 Å². The molecule has 0 fully saturated rings. The first-order valence-corrected chi connectivity index (χ1v) is 5.41. The van der Waals surface area contributed by atoms with Gasteiger partial charge in [0.25, 0.3) is 0 Å². The van der Waals surface area contributed by atoms with E-state index in [1.165, 1.54) is 6.33 Å². The van der Waals surface area contributed by atoms with Crippen LogP contribution in [0.4, 0.5) is 10.6 Å². The summed E-state index contributed by atoms with van der Waals surface area (Å²) in [5.74, 6) is 5.60. The Morgan fingerprint density at radius 3 is 2.89 bits per heavy atom. The lowest BCUT2D eigenvalue weighted by molar-refractivity contribution is 0.155. The number of nitrogens with zero attached hydrogens (tertiary/aromatic N) is 3. The first-order valence-electron chi connectivity index (χ1n) is 5.41. The van der Waals surface area contributed by atoms with Gasteiger partial charge in [-0.1, -0.05) is 30.3 Å². The van der Waals surface area contributed by atoms with E-state index in [4.69, 9.17) is 15.8 Å². The topological polar surface area (TPSA) is 106 Å². The molecule has 1 amide bonds. The van der Waals surface area contributed by atoms with Crippen molar-refractivity contribution in [3.63, 3.8) is 0 Å². The number of nitriles is 1. The van der Waals surface area contributed by atoms with Gasteiger partial charge >= 0.3 is 6.09 Å². The zero-order valence-corrected chi connectivity index (χ0v) is 9.91. The van der Waals surface area contributed by atoms with Gasteiger partial charge in [-0.2, -0.15) is 5.26 Å². The Labute approximate surface area is 109 Å². The van der Waals surface area contributed by atoms with Crippen molar-refractivity contribution in [3.05, 3.63) is 47.9 Å². The summed E-state index contributed by atoms with van der Waals surface area (Å²) < 4.78 is 6.04. The molecule has 0 saturated heterocycles. The van der Waals surface area contributed by atoms with Crippen LogP contribution in [-0.2, 0) is 11.3 Å². The molecule has 0 bridgehead atoms. The quantitative estimate of drug-likeness (QED) is 0.804. The molecule has 1 aromatic carbocycles. The van der Waals surface area contributed by atoms with Crippen molar-refractivity contribution in [2.45, 2.75) is 6.61 Å². The standard InChI is InChI=1S/C12H11N5O2/c13-6-10-11(17(14)8-15-10)16-12(18)19-7-9-4-2-1-3-5-9/h1-5,8H,7,14H2,(H,16,18). The number of hydrogen-bond donors (Lipinski definition) is 2. The fourth-order valence-electron chi connectivity index (χ4n) is 1.42. The molecule has 3 N–H and O–H groups in total. The molecule has 2 aromatic rings. The Kier molecular flexibility index (Phi) is 3.64. The largest absolute Gasteiger partial charge is 0.444 e. The normalized spacial score (nSPS) is 9.63. The minimum absolute atomic E-state index is 0.0270. The predicted octanol–water partition coefficient (Wildman–Crippen LogP) is 1.22. The number of aromatic nitrogens is 2. The summed E-state index contributed by atoms with van der Waals surface area (Å²) in [7, 11) is 0. The fraction of sp³-hybridized carbons (Fsp3) is 0.0833. The van der Waals surface area contributed by atoms with E-state index in [1.54, 1.807) is 0 Å². The molecular weight excluding hydrogens is 246 g/mol. The SMILES string of the molecule is N#Cc1ncn(N)c1NC(=O)OCc1ccccc1. The first-order chi connectivity index (χ1) is 9.20. The van der Waals surface area contributed by atoms with Crippen molar-refractivity contribution in [1.29, 1.82) is 5.26 Å². The van der Waals surface area contributed by atoms with E-state index in [-0.39, 0.29) is 18.1 Å². The van der Waals surface area contributed by atoms with Gasteiger partial charge in [-0.3, -0.25) is 5.32 Å². The van der Waals surface area contributed by atoms with E-state index >= 15 is 0 Å². The molecule has 7 nitrogen and oxygen atoms in total. The number of nitrogen functional groups attached to an aromatic ring is 1. The smallest absolute Gasteiger partial charge is 0.413 e. The van der Waals surface area contributed by atoms with Crippen LogP contribution in [0.25, 0.3) is 0 Å². The van der Waals surface area contributed by atoms with Gasteiger partial charge in [0.1, 0.15) is 19.0 Å². The summed E-state index contributed by atoms with van der Waals surface area (Å²) >= 11 is 0. The molecule has 0 spiro atoms. The van der Waals surface area contributed by atoms with Crippen LogP contribution in [0.15, 0.2) is 36.7 Å². The zero-order valence-electron chi connectivity index (χ0n) is 9.91. The highest BCUT2D eigenvalue weighted by atomic mass is 16.5. The van der Waals surface area contributed by atoms with Crippen molar-refractivity contribution in [1.82, 2.24) is 9.66 Å². The highest BCUT2D eigenvalue weighted by Gasteiger charge is 2.13. The third-order valence-corrected chi connectivity index (χ3v) is 2.33. The van der Waals surface area contributed by atoms with E-state index in [9.17, 15) is 4.79 Å². The fourth-order valence-corrected chi connectivity index (χ4v) is 1.42. The van der Waals surface area contributed by atoms with Gasteiger partial charge in [0, 0.05) is 0 Å². The second-order valence-electron chi connectivity index (χ2n) is 3.65. The summed E-state index contributed by atoms with van der Waals surface area (Å²) in [5.41, 5.74) is 0.888. The molecule has 0 aliphatic heterocycles. The third-order valence-electron chi connectivity index (χ3n) is 2.33. The maximum Gasteiger partial charge on any atom is 0.413 e. The molecule has 0 saturated carbocycles. The lowest BCUT2D eigenvalue weighted by atomic mass is 10.2. The number of nitrogens with two attached hydrogens (primary N) is 1. The average molecular weight is 257 g/mol. The number of carbonyl (C=O) groups excluding carboxylic acids is 1. The zero-order chi connectivity index (χ0) is 13.7. The Balaban J connectivity index is 1.95. The predicted molar refractivity (Wildman–Crippen MR) is 67.3 cm³/mol. The number of hydrogen-bond acceptors (Lipinski definition) is 5. The number of carbonyl (C=O) groups is 1. The van der Waals surface area contributed by atoms with E-state index in [2.05, 4.69) is 10.3 Å². The molecule has 96 valence electrons. The summed E-state index contributed by atoms with van der Waals surface area (Å²) in [6.45, 7) is 0.132. The van der Waals surface area contributed by atoms with Gasteiger partial charge in [0.15, 0.2) is 11.5 Å². The van der Waals surface area contributed by atoms with Crippen molar-refractivity contribution in [3.8, 4) is 6.07 Å². The molecule has 0 radical (unpaired) electrons. The Morgan fingerprint density at radius 1 is 1.47 bits per heavy atom. The molecule has 1 heterocycles. The van der Waals surface area contributed by atoms with Crippen LogP contribution in [0, 0.1) is 11.3 Å². The minimum Gasteiger partial charge on any atom is -0.444 e. The maximum absolute atomic E-state index is 11.6. The first kappa shape index (κ1) is 12.4. The van der Waals surface area contributed by atoms with Gasteiger partial charge in [0.05, 0.1) is 0 Å². The van der Waals surface area contributed by atoms with Gasteiger partial charge < -0.3 is 10.6 Å². The molecule has 1 aromatic heterocycles. The number of anilines is 1. The maximum atomic E-state index is 11.6. The molecule has 0 aliphatic carbocycles. The van der Waals surface area contributed by atoms with E-state index in [0.717, 1.165) is 10.2 Å². The lowest BCUT2D eigenvalue weighted by Gasteiger charge is -2.07. The van der Waals surface area contributed by atoms with Crippen LogP contribution in [-0.4, -0.2) is 15.8 Å². The lowest BCUT2D eigenvalue weighted by Crippen LogP contribution is -2.19. The third kappa shape index (κ3) is 3.01. The highest BCUT2D eigenvalue weighted by molar-refractivity contribution is 5.84. The van der Waals surface area contributed by atoms with Crippen molar-refractivity contribution >= 4 is 11.9 Å². The van der Waals surface area contributed by atoms with Gasteiger partial charge in [-0.25, -0.2) is 14.5 Å². The van der Waals surface area contributed by atoms with Crippen molar-refractivity contribution in [2.75, 3.05) is 11.2 Å². The van der Waals surface area contributed by atoms with Crippen LogP contribution in [0.2, 0.25) is 0 Å². The average Bonchev–Trinajstić information content (AvgIpc) is 2.78. The summed E-state index contributed by atoms with van der Waals surface area (Å²) in [5, 5.41) is 11.2. The number of nitrogens with one attached hydrogen (secondary N) is 1. The Morgan fingerprint density at radius 2 is 2.21 bits per heavy atom. The number of amides is 1. The molecule has 0 atom stereocenters. The highest BCUT2D eigenvalue weighted by Crippen LogP contribution is 2.11. The molecular formula is C12H11N5O2. The summed E-state index contributed by atoms with van der Waals surface area (Å²) in [6.07, 6.45) is 0.526. The number of imidazole rings is 1. The molecule has 2 rings (SSSR count). The van der Waals surface area contributed by atoms with Crippen LogP contribution in [0.1, 0.15) is 11.3 Å². The number of rotatable bonds is 3. The van der Waals surface area contributed by atoms with Crippen LogP contribution >= 0.6 is 0 Å². The number of ether oxygens (including phenoxy) is 1. The second kappa shape index (κ2) is 5.55. The summed E-state index contributed by atoms with van der Waals surface area (Å²) in [4.78, 5) is 15.3. The van der Waals surface area contributed by atoms with Crippen molar-refractivity contribution in [2.24, 2.45) is 0 Å². The molecule has 7 heteroatoms. The number of benzene rings is 1. The van der Waals surface area contributed by atoms with Gasteiger partial charge in [-0.15, -0.1) is 0 Å². The molecule has 0 unspecified atom stereocenters. The van der Waals surface area contributed by atoms with E-state index in [1.807, 2.05) is 36.4 Å². The monoisotopic (exact) mass is 257 g/mol.